The van der Waals surface area contributed by atoms with E-state index in [1.807, 2.05) is 31.1 Å². The van der Waals surface area contributed by atoms with Gasteiger partial charge in [-0.05, 0) is 16.7 Å². The molecule has 0 bridgehead atoms. The first-order chi connectivity index (χ1) is 10.2. The minimum Gasteiger partial charge on any atom is -0.347 e. The van der Waals surface area contributed by atoms with Crippen LogP contribution in [0.15, 0.2) is 65.2 Å². The van der Waals surface area contributed by atoms with Crippen molar-refractivity contribution >= 4 is 5.88 Å². The Labute approximate surface area is 124 Å². The Morgan fingerprint density at radius 3 is 2.19 bits per heavy atom. The van der Waals surface area contributed by atoms with Crippen LogP contribution < -0.4 is 4.90 Å². The summed E-state index contributed by atoms with van der Waals surface area (Å²) in [6.45, 7) is 0. The van der Waals surface area contributed by atoms with Gasteiger partial charge in [-0.1, -0.05) is 59.8 Å². The lowest BCUT2D eigenvalue weighted by atomic mass is 10.0. The van der Waals surface area contributed by atoms with E-state index < -0.39 is 0 Å². The zero-order valence-electron chi connectivity index (χ0n) is 12.3. The van der Waals surface area contributed by atoms with Gasteiger partial charge in [0.1, 0.15) is 0 Å². The van der Waals surface area contributed by atoms with Crippen LogP contribution in [0.2, 0.25) is 0 Å². The molecule has 3 aromatic rings. The van der Waals surface area contributed by atoms with Crippen LogP contribution in [0.3, 0.4) is 0 Å². The topological polar surface area (TPSA) is 29.3 Å². The van der Waals surface area contributed by atoms with Crippen LogP contribution in [0.1, 0.15) is 11.3 Å². The number of hydrogen-bond acceptors (Lipinski definition) is 3. The molecule has 2 aromatic carbocycles. The van der Waals surface area contributed by atoms with E-state index in [0.717, 1.165) is 18.0 Å². The normalized spacial score (nSPS) is 10.6. The largest absolute Gasteiger partial charge is 0.347 e. The predicted octanol–water partition coefficient (Wildman–Crippen LogP) is 4.00. The highest BCUT2D eigenvalue weighted by Gasteiger charge is 2.06. The van der Waals surface area contributed by atoms with E-state index in [0.29, 0.717) is 0 Å². The zero-order valence-corrected chi connectivity index (χ0v) is 12.3. The molecule has 0 fully saturated rings. The van der Waals surface area contributed by atoms with Crippen molar-refractivity contribution < 1.29 is 4.52 Å². The molecule has 1 heterocycles. The summed E-state index contributed by atoms with van der Waals surface area (Å²) in [7, 11) is 3.89. The summed E-state index contributed by atoms with van der Waals surface area (Å²) < 4.78 is 5.27. The lowest BCUT2D eigenvalue weighted by Crippen LogP contribution is -2.06. The summed E-state index contributed by atoms with van der Waals surface area (Å²) in [6, 6.07) is 21.0. The predicted molar refractivity (Wildman–Crippen MR) is 85.5 cm³/mol. The molecule has 0 aliphatic heterocycles. The highest BCUT2D eigenvalue weighted by Crippen LogP contribution is 2.21. The van der Waals surface area contributed by atoms with Crippen molar-refractivity contribution in [2.75, 3.05) is 19.0 Å². The standard InChI is InChI=1S/C18H18N2O/c1-20(2)18-13-17(19-21-18)12-14-8-10-16(11-9-14)15-6-4-3-5-7-15/h3-11,13H,12H2,1-2H3. The third-order valence-corrected chi connectivity index (χ3v) is 3.43. The molecular weight excluding hydrogens is 260 g/mol. The lowest BCUT2D eigenvalue weighted by Gasteiger charge is -2.04. The molecule has 0 saturated heterocycles. The van der Waals surface area contributed by atoms with Gasteiger partial charge in [0.2, 0.25) is 5.88 Å². The van der Waals surface area contributed by atoms with Gasteiger partial charge in [0.05, 0.1) is 5.69 Å². The summed E-state index contributed by atoms with van der Waals surface area (Å²) >= 11 is 0. The van der Waals surface area contributed by atoms with Crippen LogP contribution in [-0.4, -0.2) is 19.3 Å². The van der Waals surface area contributed by atoms with Crippen LogP contribution in [0, 0.1) is 0 Å². The first-order valence-corrected chi connectivity index (χ1v) is 6.99. The molecule has 0 saturated carbocycles. The van der Waals surface area contributed by atoms with Crippen molar-refractivity contribution in [3.63, 3.8) is 0 Å². The Morgan fingerprint density at radius 1 is 0.905 bits per heavy atom. The van der Waals surface area contributed by atoms with Gasteiger partial charge < -0.3 is 9.42 Å². The third-order valence-electron chi connectivity index (χ3n) is 3.43. The highest BCUT2D eigenvalue weighted by molar-refractivity contribution is 5.63. The number of nitrogens with zero attached hydrogens (tertiary/aromatic N) is 2. The molecule has 3 nitrogen and oxygen atoms in total. The Balaban J connectivity index is 1.75. The molecule has 0 atom stereocenters. The molecule has 0 amide bonds. The van der Waals surface area contributed by atoms with Crippen LogP contribution in [0.5, 0.6) is 0 Å². The van der Waals surface area contributed by atoms with Crippen LogP contribution in [-0.2, 0) is 6.42 Å². The average Bonchev–Trinajstić information content (AvgIpc) is 2.98. The molecule has 106 valence electrons. The fourth-order valence-electron chi connectivity index (χ4n) is 2.25. The van der Waals surface area contributed by atoms with E-state index in [9.17, 15) is 0 Å². The summed E-state index contributed by atoms with van der Waals surface area (Å²) in [5.74, 6) is 0.783. The highest BCUT2D eigenvalue weighted by atomic mass is 16.5. The second kappa shape index (κ2) is 5.83. The Bertz CT molecular complexity index is 700. The lowest BCUT2D eigenvalue weighted by molar-refractivity contribution is 0.417. The maximum atomic E-state index is 5.27. The van der Waals surface area contributed by atoms with Gasteiger partial charge in [-0.15, -0.1) is 0 Å². The molecular formula is C18H18N2O. The van der Waals surface area contributed by atoms with Gasteiger partial charge in [-0.25, -0.2) is 0 Å². The molecule has 21 heavy (non-hydrogen) atoms. The van der Waals surface area contributed by atoms with Gasteiger partial charge in [0.25, 0.3) is 0 Å². The van der Waals surface area contributed by atoms with E-state index in [1.165, 1.54) is 16.7 Å². The second-order valence-corrected chi connectivity index (χ2v) is 5.29. The molecule has 0 radical (unpaired) electrons. The van der Waals surface area contributed by atoms with E-state index >= 15 is 0 Å². The Hall–Kier alpha value is -2.55. The molecule has 3 heteroatoms. The molecule has 1 aromatic heterocycles. The van der Waals surface area contributed by atoms with Crippen molar-refractivity contribution in [2.45, 2.75) is 6.42 Å². The fraction of sp³-hybridized carbons (Fsp3) is 0.167. The number of anilines is 1. The fourth-order valence-corrected chi connectivity index (χ4v) is 2.25. The Kier molecular flexibility index (Phi) is 3.73. The van der Waals surface area contributed by atoms with Gasteiger partial charge >= 0.3 is 0 Å². The van der Waals surface area contributed by atoms with E-state index in [1.54, 1.807) is 0 Å². The van der Waals surface area contributed by atoms with Gasteiger partial charge in [-0.2, -0.15) is 0 Å². The number of aromatic nitrogens is 1. The van der Waals surface area contributed by atoms with Gasteiger partial charge in [-0.3, -0.25) is 0 Å². The second-order valence-electron chi connectivity index (χ2n) is 5.29. The summed E-state index contributed by atoms with van der Waals surface area (Å²) in [5.41, 5.74) is 4.65. The minimum atomic E-state index is 0.783. The van der Waals surface area contributed by atoms with Crippen molar-refractivity contribution in [3.8, 4) is 11.1 Å². The van der Waals surface area contributed by atoms with Crippen molar-refractivity contribution in [2.24, 2.45) is 0 Å². The SMILES string of the molecule is CN(C)c1cc(Cc2ccc(-c3ccccc3)cc2)no1. The van der Waals surface area contributed by atoms with Crippen LogP contribution >= 0.6 is 0 Å². The van der Waals surface area contributed by atoms with E-state index in [4.69, 9.17) is 4.52 Å². The van der Waals surface area contributed by atoms with Crippen LogP contribution in [0.25, 0.3) is 11.1 Å². The summed E-state index contributed by atoms with van der Waals surface area (Å²) in [5, 5.41) is 4.10. The maximum absolute atomic E-state index is 5.27. The zero-order chi connectivity index (χ0) is 14.7. The van der Waals surface area contributed by atoms with E-state index in [2.05, 4.69) is 53.7 Å². The monoisotopic (exact) mass is 278 g/mol. The first kappa shape index (κ1) is 13.4. The van der Waals surface area contributed by atoms with Gasteiger partial charge in [0.15, 0.2) is 0 Å². The van der Waals surface area contributed by atoms with Crippen LogP contribution in [0.4, 0.5) is 5.88 Å². The molecule has 0 N–H and O–H groups in total. The average molecular weight is 278 g/mol. The molecule has 3 rings (SSSR count). The van der Waals surface area contributed by atoms with Gasteiger partial charge in [0, 0.05) is 26.6 Å². The molecule has 0 spiro atoms. The quantitative estimate of drug-likeness (QED) is 0.722. The maximum Gasteiger partial charge on any atom is 0.226 e. The number of hydrogen-bond donors (Lipinski definition) is 0. The van der Waals surface area contributed by atoms with E-state index in [-0.39, 0.29) is 0 Å². The van der Waals surface area contributed by atoms with Crippen molar-refractivity contribution in [1.82, 2.24) is 5.16 Å². The summed E-state index contributed by atoms with van der Waals surface area (Å²) in [6.07, 6.45) is 0.784. The number of rotatable bonds is 4. The minimum absolute atomic E-state index is 0.783. The first-order valence-electron chi connectivity index (χ1n) is 6.99. The molecule has 0 unspecified atom stereocenters. The molecule has 0 aliphatic carbocycles. The smallest absolute Gasteiger partial charge is 0.226 e. The Morgan fingerprint density at radius 2 is 1.57 bits per heavy atom. The third kappa shape index (κ3) is 3.14. The number of benzene rings is 2. The van der Waals surface area contributed by atoms with Crippen molar-refractivity contribution in [3.05, 3.63) is 71.9 Å². The summed E-state index contributed by atoms with van der Waals surface area (Å²) in [4.78, 5) is 1.91. The molecule has 0 aliphatic rings. The van der Waals surface area contributed by atoms with Crippen molar-refractivity contribution in [1.29, 1.82) is 0 Å².